The molecule has 2 aromatic heterocycles. The van der Waals surface area contributed by atoms with Gasteiger partial charge < -0.3 is 0 Å². The number of rotatable bonds is 6. The number of nitrogens with zero attached hydrogens (tertiary/aromatic N) is 6. The van der Waals surface area contributed by atoms with E-state index < -0.39 is 0 Å². The van der Waals surface area contributed by atoms with Gasteiger partial charge in [-0.3, -0.25) is 9.97 Å². The van der Waals surface area contributed by atoms with Crippen LogP contribution in [-0.2, 0) is 0 Å². The molecule has 0 unspecified atom stereocenters. The molecule has 0 fully saturated rings. The van der Waals surface area contributed by atoms with Crippen LogP contribution in [-0.4, -0.2) is 32.5 Å². The Labute approximate surface area is 226 Å². The average Bonchev–Trinajstić information content (AvgIpc) is 2.92. The number of hydrogen-bond donors (Lipinski definition) is 0. The molecule has 0 spiro atoms. The Hall–Kier alpha value is -3.30. The molecule has 2 aromatic carbocycles. The first-order chi connectivity index (χ1) is 17.7. The molecule has 178 valence electrons. The van der Waals surface area contributed by atoms with Crippen molar-refractivity contribution in [2.24, 2.45) is 20.4 Å². The van der Waals surface area contributed by atoms with E-state index in [4.69, 9.17) is 23.2 Å². The Morgan fingerprint density at radius 1 is 0.611 bits per heavy atom. The van der Waals surface area contributed by atoms with Gasteiger partial charge >= 0.3 is 0 Å². The Morgan fingerprint density at radius 2 is 1.03 bits per heavy atom. The SMILES string of the molecule is Clc1ccc(/C(=N\N=C\c2cccnc2)SS/C(=N/N=C/c2cccnc2)c2ccc(Cl)cc2)cc1. The van der Waals surface area contributed by atoms with E-state index in [1.54, 1.807) is 37.2 Å². The third-order valence-electron chi connectivity index (χ3n) is 4.46. The zero-order valence-corrected chi connectivity index (χ0v) is 21.8. The molecular formula is C26H18Cl2N6S2. The van der Waals surface area contributed by atoms with E-state index in [9.17, 15) is 0 Å². The number of hydrogen-bond acceptors (Lipinski definition) is 8. The predicted octanol–water partition coefficient (Wildman–Crippen LogP) is 7.43. The fourth-order valence-electron chi connectivity index (χ4n) is 2.71. The Bertz CT molecular complexity index is 1270. The van der Waals surface area contributed by atoms with E-state index in [-0.39, 0.29) is 0 Å². The molecule has 0 N–H and O–H groups in total. The highest BCUT2D eigenvalue weighted by molar-refractivity contribution is 8.87. The van der Waals surface area contributed by atoms with Crippen molar-refractivity contribution in [2.75, 3.05) is 0 Å². The van der Waals surface area contributed by atoms with Gasteiger partial charge in [-0.1, -0.05) is 59.6 Å². The summed E-state index contributed by atoms with van der Waals surface area (Å²) in [5, 5.41) is 20.1. The average molecular weight is 550 g/mol. The van der Waals surface area contributed by atoms with Gasteiger partial charge in [-0.25, -0.2) is 0 Å². The first-order valence-corrected chi connectivity index (χ1v) is 13.5. The first-order valence-electron chi connectivity index (χ1n) is 10.6. The molecule has 0 amide bonds. The van der Waals surface area contributed by atoms with E-state index in [0.717, 1.165) is 22.3 Å². The predicted molar refractivity (Wildman–Crippen MR) is 155 cm³/mol. The summed E-state index contributed by atoms with van der Waals surface area (Å²) in [6, 6.07) is 22.3. The summed E-state index contributed by atoms with van der Waals surface area (Å²) < 4.78 is 0. The van der Waals surface area contributed by atoms with Gasteiger partial charge in [0, 0.05) is 57.1 Å². The monoisotopic (exact) mass is 548 g/mol. The molecular weight excluding hydrogens is 531 g/mol. The first kappa shape index (κ1) is 25.8. The second-order valence-electron chi connectivity index (χ2n) is 7.05. The molecule has 0 aliphatic rings. The van der Waals surface area contributed by atoms with Crippen molar-refractivity contribution in [2.45, 2.75) is 0 Å². The summed E-state index contributed by atoms with van der Waals surface area (Å²) in [6.45, 7) is 0. The van der Waals surface area contributed by atoms with Crippen LogP contribution in [0.4, 0.5) is 0 Å². The van der Waals surface area contributed by atoms with Gasteiger partial charge in [0.2, 0.25) is 0 Å². The molecule has 0 saturated heterocycles. The van der Waals surface area contributed by atoms with Crippen molar-refractivity contribution in [3.8, 4) is 0 Å². The Balaban J connectivity index is 1.60. The standard InChI is InChI=1S/C26H18Cl2N6S2/c27-23-9-5-21(6-10-23)25(33-31-17-19-3-1-13-29-15-19)35-36-26(22-7-11-24(28)12-8-22)34-32-18-20-4-2-14-30-16-20/h1-18H/b31-17+,32-18+,33-25+,34-26+. The zero-order chi connectivity index (χ0) is 25.0. The van der Waals surface area contributed by atoms with Crippen molar-refractivity contribution in [3.05, 3.63) is 130 Å². The highest BCUT2D eigenvalue weighted by Gasteiger charge is 2.12. The Morgan fingerprint density at radius 3 is 1.39 bits per heavy atom. The van der Waals surface area contributed by atoms with Crippen LogP contribution in [0.5, 0.6) is 0 Å². The summed E-state index contributed by atoms with van der Waals surface area (Å²) >= 11 is 12.2. The summed E-state index contributed by atoms with van der Waals surface area (Å²) in [5.41, 5.74) is 3.44. The zero-order valence-electron chi connectivity index (χ0n) is 18.6. The largest absolute Gasteiger partial charge is 0.264 e. The minimum Gasteiger partial charge on any atom is -0.264 e. The molecule has 0 aliphatic heterocycles. The Kier molecular flexibility index (Phi) is 9.81. The van der Waals surface area contributed by atoms with Crippen LogP contribution in [0.25, 0.3) is 0 Å². The van der Waals surface area contributed by atoms with Crippen molar-refractivity contribution < 1.29 is 0 Å². The van der Waals surface area contributed by atoms with Crippen LogP contribution >= 0.6 is 44.8 Å². The maximum Gasteiger partial charge on any atom is 0.137 e. The van der Waals surface area contributed by atoms with Crippen molar-refractivity contribution in [1.82, 2.24) is 9.97 Å². The van der Waals surface area contributed by atoms with Crippen molar-refractivity contribution in [3.63, 3.8) is 0 Å². The van der Waals surface area contributed by atoms with Crippen LogP contribution < -0.4 is 0 Å². The van der Waals surface area contributed by atoms with Gasteiger partial charge in [0.05, 0.1) is 12.4 Å². The van der Waals surface area contributed by atoms with Gasteiger partial charge in [0.1, 0.15) is 10.1 Å². The van der Waals surface area contributed by atoms with E-state index >= 15 is 0 Å². The maximum absolute atomic E-state index is 6.09. The highest BCUT2D eigenvalue weighted by Crippen LogP contribution is 2.32. The van der Waals surface area contributed by atoms with Gasteiger partial charge in [0.15, 0.2) is 0 Å². The minimum absolute atomic E-state index is 0.641. The second-order valence-corrected chi connectivity index (χ2v) is 10.0. The maximum atomic E-state index is 6.09. The molecule has 4 aromatic rings. The van der Waals surface area contributed by atoms with Crippen molar-refractivity contribution in [1.29, 1.82) is 0 Å². The topological polar surface area (TPSA) is 75.2 Å². The quantitative estimate of drug-likeness (QED) is 0.109. The van der Waals surface area contributed by atoms with Gasteiger partial charge in [-0.05, 0) is 58.0 Å². The highest BCUT2D eigenvalue weighted by atomic mass is 35.5. The summed E-state index contributed by atoms with van der Waals surface area (Å²) in [6.07, 6.45) is 10.2. The fraction of sp³-hybridized carbons (Fsp3) is 0. The van der Waals surface area contributed by atoms with Crippen LogP contribution in [0.1, 0.15) is 22.3 Å². The van der Waals surface area contributed by atoms with Crippen molar-refractivity contribution >= 4 is 67.3 Å². The normalized spacial score (nSPS) is 12.5. The fourth-order valence-corrected chi connectivity index (χ4v) is 5.00. The van der Waals surface area contributed by atoms with Crippen LogP contribution in [0, 0.1) is 0 Å². The number of pyridine rings is 2. The van der Waals surface area contributed by atoms with E-state index in [2.05, 4.69) is 30.4 Å². The van der Waals surface area contributed by atoms with Gasteiger partial charge in [-0.15, -0.1) is 10.2 Å². The summed E-state index contributed by atoms with van der Waals surface area (Å²) in [5.74, 6) is 0. The van der Waals surface area contributed by atoms with Crippen LogP contribution in [0.2, 0.25) is 10.0 Å². The number of aromatic nitrogens is 2. The molecule has 6 nitrogen and oxygen atoms in total. The molecule has 0 aliphatic carbocycles. The third-order valence-corrected chi connectivity index (χ3v) is 7.20. The number of benzene rings is 2. The second kappa shape index (κ2) is 13.7. The third kappa shape index (κ3) is 8.13. The van der Waals surface area contributed by atoms with E-state index in [1.165, 1.54) is 21.6 Å². The smallest absolute Gasteiger partial charge is 0.137 e. The molecule has 0 radical (unpaired) electrons. The lowest BCUT2D eigenvalue weighted by atomic mass is 10.2. The molecule has 4 rings (SSSR count). The van der Waals surface area contributed by atoms with E-state index in [1.807, 2.05) is 72.8 Å². The molecule has 36 heavy (non-hydrogen) atoms. The minimum atomic E-state index is 0.641. The number of halogens is 2. The molecule has 0 saturated carbocycles. The lowest BCUT2D eigenvalue weighted by Crippen LogP contribution is -1.98. The van der Waals surface area contributed by atoms with E-state index in [0.29, 0.717) is 20.1 Å². The molecule has 0 bridgehead atoms. The molecule has 0 atom stereocenters. The molecule has 10 heteroatoms. The van der Waals surface area contributed by atoms with Crippen LogP contribution in [0.3, 0.4) is 0 Å². The van der Waals surface area contributed by atoms with Gasteiger partial charge in [-0.2, -0.15) is 10.2 Å². The summed E-state index contributed by atoms with van der Waals surface area (Å²) in [4.78, 5) is 8.19. The lowest BCUT2D eigenvalue weighted by Gasteiger charge is -2.07. The lowest BCUT2D eigenvalue weighted by molar-refractivity contribution is 1.25. The van der Waals surface area contributed by atoms with Crippen LogP contribution in [0.15, 0.2) is 118 Å². The van der Waals surface area contributed by atoms with Gasteiger partial charge in [0.25, 0.3) is 0 Å². The summed E-state index contributed by atoms with van der Waals surface area (Å²) in [7, 11) is 2.83. The molecule has 2 heterocycles.